The Morgan fingerprint density at radius 1 is 0.433 bits per heavy atom. The lowest BCUT2D eigenvalue weighted by Crippen LogP contribution is -1.88. The summed E-state index contributed by atoms with van der Waals surface area (Å²) in [5, 5.41) is 0. The zero-order valence-electron chi connectivity index (χ0n) is 15.6. The van der Waals surface area contributed by atoms with Crippen molar-refractivity contribution in [2.24, 2.45) is 0 Å². The van der Waals surface area contributed by atoms with Crippen LogP contribution in [0.3, 0.4) is 0 Å². The van der Waals surface area contributed by atoms with Gasteiger partial charge in [0.15, 0.2) is 0 Å². The standard InChI is InChI=1S/C24H16Br2O2S2/c25-17-9-1-3-11-19(17)27-21-13-5-7-15-23(21)29-30-24-16-8-6-14-22(24)28-20-12-4-2-10-18(20)26/h1-16H. The van der Waals surface area contributed by atoms with Crippen LogP contribution in [0, 0.1) is 0 Å². The monoisotopic (exact) mass is 558 g/mol. The molecule has 30 heavy (non-hydrogen) atoms. The van der Waals surface area contributed by atoms with Gasteiger partial charge < -0.3 is 9.47 Å². The van der Waals surface area contributed by atoms with Gasteiger partial charge in [0, 0.05) is 0 Å². The van der Waals surface area contributed by atoms with E-state index in [4.69, 9.17) is 9.47 Å². The van der Waals surface area contributed by atoms with Gasteiger partial charge in [-0.05, 0) is 102 Å². The molecule has 4 aromatic rings. The fourth-order valence-corrected chi connectivity index (χ4v) is 5.52. The molecule has 0 aromatic heterocycles. The van der Waals surface area contributed by atoms with Gasteiger partial charge in [-0.2, -0.15) is 0 Å². The predicted molar refractivity (Wildman–Crippen MR) is 133 cm³/mol. The molecule has 0 saturated heterocycles. The smallest absolute Gasteiger partial charge is 0.141 e. The van der Waals surface area contributed by atoms with Gasteiger partial charge in [0.2, 0.25) is 0 Å². The minimum Gasteiger partial charge on any atom is -0.455 e. The van der Waals surface area contributed by atoms with Gasteiger partial charge in [0.1, 0.15) is 23.0 Å². The van der Waals surface area contributed by atoms with Crippen molar-refractivity contribution in [3.8, 4) is 23.0 Å². The summed E-state index contributed by atoms with van der Waals surface area (Å²) in [6.45, 7) is 0. The Kier molecular flexibility index (Phi) is 7.44. The van der Waals surface area contributed by atoms with Crippen LogP contribution in [0.4, 0.5) is 0 Å². The second kappa shape index (κ2) is 10.4. The van der Waals surface area contributed by atoms with Gasteiger partial charge in [-0.3, -0.25) is 0 Å². The Morgan fingerprint density at radius 3 is 1.17 bits per heavy atom. The summed E-state index contributed by atoms with van der Waals surface area (Å²) in [5.41, 5.74) is 0. The van der Waals surface area contributed by atoms with Crippen molar-refractivity contribution in [2.75, 3.05) is 0 Å². The number of halogens is 2. The van der Waals surface area contributed by atoms with E-state index in [1.54, 1.807) is 21.6 Å². The SMILES string of the molecule is Brc1ccccc1Oc1ccccc1SSc1ccccc1Oc1ccccc1Br. The molecule has 0 aliphatic rings. The van der Waals surface area contributed by atoms with Gasteiger partial charge in [0.05, 0.1) is 18.7 Å². The maximum absolute atomic E-state index is 6.15. The lowest BCUT2D eigenvalue weighted by Gasteiger charge is -2.13. The van der Waals surface area contributed by atoms with E-state index in [0.717, 1.165) is 41.7 Å². The largest absolute Gasteiger partial charge is 0.455 e. The molecule has 4 aromatic carbocycles. The highest BCUT2D eigenvalue weighted by atomic mass is 79.9. The lowest BCUT2D eigenvalue weighted by molar-refractivity contribution is 0.467. The predicted octanol–water partition coefficient (Wildman–Crippen LogP) is 9.60. The molecule has 0 amide bonds. The van der Waals surface area contributed by atoms with E-state index in [1.165, 1.54) is 0 Å². The van der Waals surface area contributed by atoms with Gasteiger partial charge in [0.25, 0.3) is 0 Å². The van der Waals surface area contributed by atoms with Gasteiger partial charge in [-0.1, -0.05) is 48.5 Å². The maximum Gasteiger partial charge on any atom is 0.141 e. The molecule has 0 N–H and O–H groups in total. The Hall–Kier alpha value is -1.86. The summed E-state index contributed by atoms with van der Waals surface area (Å²) >= 11 is 7.09. The second-order valence-corrected chi connectivity index (χ2v) is 10.0. The summed E-state index contributed by atoms with van der Waals surface area (Å²) in [7, 11) is 3.28. The topological polar surface area (TPSA) is 18.5 Å². The van der Waals surface area contributed by atoms with E-state index in [9.17, 15) is 0 Å². The highest BCUT2D eigenvalue weighted by Gasteiger charge is 2.12. The van der Waals surface area contributed by atoms with Crippen molar-refractivity contribution >= 4 is 53.4 Å². The molecule has 0 spiro atoms. The minimum atomic E-state index is 0.785. The van der Waals surface area contributed by atoms with Gasteiger partial charge >= 0.3 is 0 Å². The van der Waals surface area contributed by atoms with E-state index >= 15 is 0 Å². The third kappa shape index (κ3) is 5.43. The number of rotatable bonds is 7. The molecule has 0 aliphatic carbocycles. The molecule has 6 heteroatoms. The summed E-state index contributed by atoms with van der Waals surface area (Å²) in [4.78, 5) is 2.07. The van der Waals surface area contributed by atoms with Crippen LogP contribution in [0.1, 0.15) is 0 Å². The molecule has 150 valence electrons. The molecular formula is C24H16Br2O2S2. The van der Waals surface area contributed by atoms with Crippen LogP contribution in [-0.4, -0.2) is 0 Å². The van der Waals surface area contributed by atoms with Crippen molar-refractivity contribution in [3.05, 3.63) is 106 Å². The number of hydrogen-bond acceptors (Lipinski definition) is 4. The average molecular weight is 560 g/mol. The quantitative estimate of drug-likeness (QED) is 0.210. The Bertz CT molecular complexity index is 1060. The van der Waals surface area contributed by atoms with Crippen LogP contribution >= 0.6 is 53.4 Å². The molecule has 0 fully saturated rings. The van der Waals surface area contributed by atoms with E-state index in [2.05, 4.69) is 44.0 Å². The summed E-state index contributed by atoms with van der Waals surface area (Å²) in [6, 6.07) is 31.7. The molecule has 0 heterocycles. The summed E-state index contributed by atoms with van der Waals surface area (Å²) in [5.74, 6) is 3.19. The van der Waals surface area contributed by atoms with E-state index < -0.39 is 0 Å². The number of benzene rings is 4. The molecule has 0 aliphatic heterocycles. The molecule has 4 rings (SSSR count). The number of hydrogen-bond donors (Lipinski definition) is 0. The fourth-order valence-electron chi connectivity index (χ4n) is 2.59. The lowest BCUT2D eigenvalue weighted by atomic mass is 10.3. The normalized spacial score (nSPS) is 10.6. The van der Waals surface area contributed by atoms with Crippen molar-refractivity contribution in [3.63, 3.8) is 0 Å². The molecule has 2 nitrogen and oxygen atoms in total. The molecular weight excluding hydrogens is 544 g/mol. The zero-order chi connectivity index (χ0) is 20.8. The first kappa shape index (κ1) is 21.4. The van der Waals surface area contributed by atoms with Crippen LogP contribution in [0.5, 0.6) is 23.0 Å². The molecule has 0 atom stereocenters. The molecule has 0 saturated carbocycles. The average Bonchev–Trinajstić information content (AvgIpc) is 2.77. The van der Waals surface area contributed by atoms with Crippen LogP contribution in [0.25, 0.3) is 0 Å². The summed E-state index contributed by atoms with van der Waals surface area (Å²) < 4.78 is 14.1. The van der Waals surface area contributed by atoms with E-state index in [-0.39, 0.29) is 0 Å². The maximum atomic E-state index is 6.15. The third-order valence-electron chi connectivity index (χ3n) is 4.03. The second-order valence-electron chi connectivity index (χ2n) is 6.13. The highest BCUT2D eigenvalue weighted by molar-refractivity contribution is 9.11. The summed E-state index contributed by atoms with van der Waals surface area (Å²) in [6.07, 6.45) is 0. The van der Waals surface area contributed by atoms with Crippen LogP contribution in [0.2, 0.25) is 0 Å². The fraction of sp³-hybridized carbons (Fsp3) is 0. The van der Waals surface area contributed by atoms with Gasteiger partial charge in [-0.25, -0.2) is 0 Å². The molecule has 0 bridgehead atoms. The van der Waals surface area contributed by atoms with E-state index in [0.29, 0.717) is 0 Å². The number of para-hydroxylation sites is 4. The highest BCUT2D eigenvalue weighted by Crippen LogP contribution is 2.47. The van der Waals surface area contributed by atoms with Crippen molar-refractivity contribution in [1.82, 2.24) is 0 Å². The van der Waals surface area contributed by atoms with E-state index in [1.807, 2.05) is 84.9 Å². The Morgan fingerprint density at radius 2 is 0.767 bits per heavy atom. The Balaban J connectivity index is 1.52. The first-order chi connectivity index (χ1) is 14.7. The Labute approximate surface area is 200 Å². The van der Waals surface area contributed by atoms with Crippen LogP contribution < -0.4 is 9.47 Å². The van der Waals surface area contributed by atoms with Crippen LogP contribution in [-0.2, 0) is 0 Å². The molecule has 0 radical (unpaired) electrons. The number of ether oxygens (including phenoxy) is 2. The van der Waals surface area contributed by atoms with Crippen molar-refractivity contribution in [1.29, 1.82) is 0 Å². The third-order valence-corrected chi connectivity index (χ3v) is 7.79. The van der Waals surface area contributed by atoms with Crippen molar-refractivity contribution < 1.29 is 9.47 Å². The first-order valence-electron chi connectivity index (χ1n) is 9.08. The first-order valence-corrected chi connectivity index (χ1v) is 12.8. The zero-order valence-corrected chi connectivity index (χ0v) is 20.4. The molecule has 0 unspecified atom stereocenters. The van der Waals surface area contributed by atoms with Crippen molar-refractivity contribution in [2.45, 2.75) is 9.79 Å². The van der Waals surface area contributed by atoms with Crippen LogP contribution in [0.15, 0.2) is 116 Å². The minimum absolute atomic E-state index is 0.785. The van der Waals surface area contributed by atoms with Gasteiger partial charge in [-0.15, -0.1) is 0 Å².